The number of hydrogen-bond acceptors (Lipinski definition) is 3. The minimum Gasteiger partial charge on any atom is -0.495 e. The normalized spacial score (nSPS) is 11.1. The van der Waals surface area contributed by atoms with Gasteiger partial charge in [-0.05, 0) is 30.3 Å². The molecule has 0 heterocycles. The van der Waals surface area contributed by atoms with Crippen LogP contribution in [0.5, 0.6) is 5.75 Å². The van der Waals surface area contributed by atoms with Crippen LogP contribution in [0.1, 0.15) is 5.56 Å². The zero-order valence-electron chi connectivity index (χ0n) is 12.1. The number of hydrogen-bond donors (Lipinski definition) is 2. The monoisotopic (exact) mass is 310 g/mol. The molecule has 0 radical (unpaired) electrons. The Morgan fingerprint density at radius 3 is 2.41 bits per heavy atom. The molecule has 0 aliphatic carbocycles. The van der Waals surface area contributed by atoms with Gasteiger partial charge >= 0.3 is 6.18 Å². The molecular formula is C16H17F3N2O. The van der Waals surface area contributed by atoms with E-state index in [0.717, 1.165) is 23.6 Å². The van der Waals surface area contributed by atoms with Crippen LogP contribution in [-0.4, -0.2) is 20.2 Å². The molecule has 6 heteroatoms. The maximum absolute atomic E-state index is 12.6. The molecule has 0 amide bonds. The van der Waals surface area contributed by atoms with Crippen molar-refractivity contribution in [1.29, 1.82) is 0 Å². The Kier molecular flexibility index (Phi) is 5.14. The van der Waals surface area contributed by atoms with Crippen molar-refractivity contribution in [3.8, 4) is 5.75 Å². The second kappa shape index (κ2) is 7.06. The molecule has 0 aliphatic heterocycles. The molecule has 22 heavy (non-hydrogen) atoms. The van der Waals surface area contributed by atoms with Crippen LogP contribution in [0, 0.1) is 0 Å². The summed E-state index contributed by atoms with van der Waals surface area (Å²) in [6.45, 7) is 1.04. The SMILES string of the molecule is COc1ccccc1NCCNc1cccc(C(F)(F)F)c1. The Morgan fingerprint density at radius 2 is 1.68 bits per heavy atom. The summed E-state index contributed by atoms with van der Waals surface area (Å²) in [5.41, 5.74) is 0.627. The van der Waals surface area contributed by atoms with Crippen LogP contribution in [0.3, 0.4) is 0 Å². The molecule has 0 saturated carbocycles. The maximum Gasteiger partial charge on any atom is 0.416 e. The first-order chi connectivity index (χ1) is 10.5. The molecule has 3 nitrogen and oxygen atoms in total. The van der Waals surface area contributed by atoms with Crippen molar-refractivity contribution in [2.45, 2.75) is 6.18 Å². The molecule has 2 N–H and O–H groups in total. The molecule has 0 bridgehead atoms. The number of rotatable bonds is 6. The third kappa shape index (κ3) is 4.31. The fraction of sp³-hybridized carbons (Fsp3) is 0.250. The van der Waals surface area contributed by atoms with E-state index in [9.17, 15) is 13.2 Å². The zero-order valence-corrected chi connectivity index (χ0v) is 12.1. The standard InChI is InChI=1S/C16H17F3N2O/c1-22-15-8-3-2-7-14(15)21-10-9-20-13-6-4-5-12(11-13)16(17,18)19/h2-8,11,20-21H,9-10H2,1H3. The Labute approximate surface area is 127 Å². The molecule has 0 saturated heterocycles. The molecule has 0 fully saturated rings. The van der Waals surface area contributed by atoms with Crippen LogP contribution in [-0.2, 0) is 6.18 Å². The van der Waals surface area contributed by atoms with Crippen LogP contribution >= 0.6 is 0 Å². The minimum absolute atomic E-state index is 0.441. The van der Waals surface area contributed by atoms with E-state index in [1.165, 1.54) is 6.07 Å². The lowest BCUT2D eigenvalue weighted by Gasteiger charge is -2.13. The van der Waals surface area contributed by atoms with Crippen molar-refractivity contribution in [3.63, 3.8) is 0 Å². The smallest absolute Gasteiger partial charge is 0.416 e. The largest absolute Gasteiger partial charge is 0.495 e. The second-order valence-corrected chi connectivity index (χ2v) is 4.63. The molecule has 0 aliphatic rings. The van der Waals surface area contributed by atoms with E-state index in [0.29, 0.717) is 18.8 Å². The van der Waals surface area contributed by atoms with Gasteiger partial charge in [0.05, 0.1) is 18.4 Å². The number of halogens is 3. The van der Waals surface area contributed by atoms with Gasteiger partial charge in [0.2, 0.25) is 0 Å². The number of anilines is 2. The average Bonchev–Trinajstić information content (AvgIpc) is 2.51. The van der Waals surface area contributed by atoms with E-state index in [-0.39, 0.29) is 0 Å². The zero-order chi connectivity index (χ0) is 16.0. The fourth-order valence-corrected chi connectivity index (χ4v) is 2.00. The highest BCUT2D eigenvalue weighted by molar-refractivity contribution is 5.56. The van der Waals surface area contributed by atoms with Crippen molar-refractivity contribution in [3.05, 3.63) is 54.1 Å². The van der Waals surface area contributed by atoms with Crippen LogP contribution in [0.4, 0.5) is 24.5 Å². The number of methoxy groups -OCH3 is 1. The molecule has 0 unspecified atom stereocenters. The lowest BCUT2D eigenvalue weighted by atomic mass is 10.2. The number of alkyl halides is 3. The van der Waals surface area contributed by atoms with Gasteiger partial charge in [0.1, 0.15) is 5.75 Å². The van der Waals surface area contributed by atoms with Gasteiger partial charge in [0.15, 0.2) is 0 Å². The molecule has 118 valence electrons. The van der Waals surface area contributed by atoms with Crippen molar-refractivity contribution >= 4 is 11.4 Å². The number of benzene rings is 2. The summed E-state index contributed by atoms with van der Waals surface area (Å²) in [7, 11) is 1.58. The van der Waals surface area contributed by atoms with E-state index >= 15 is 0 Å². The number of ether oxygens (including phenoxy) is 1. The van der Waals surface area contributed by atoms with Crippen molar-refractivity contribution in [2.75, 3.05) is 30.8 Å². The number of para-hydroxylation sites is 2. The average molecular weight is 310 g/mol. The van der Waals surface area contributed by atoms with Gasteiger partial charge in [-0.25, -0.2) is 0 Å². The summed E-state index contributed by atoms with van der Waals surface area (Å²) in [5, 5.41) is 6.13. The highest BCUT2D eigenvalue weighted by Gasteiger charge is 2.30. The molecule has 2 rings (SSSR count). The summed E-state index contributed by atoms with van der Waals surface area (Å²) in [6.07, 6.45) is -4.33. The summed E-state index contributed by atoms with van der Waals surface area (Å²) in [4.78, 5) is 0. The van der Waals surface area contributed by atoms with Crippen LogP contribution < -0.4 is 15.4 Å². The minimum atomic E-state index is -4.33. The Balaban J connectivity index is 1.87. The highest BCUT2D eigenvalue weighted by Crippen LogP contribution is 2.30. The molecule has 0 atom stereocenters. The van der Waals surface area contributed by atoms with E-state index in [2.05, 4.69) is 10.6 Å². The van der Waals surface area contributed by atoms with Gasteiger partial charge in [-0.15, -0.1) is 0 Å². The lowest BCUT2D eigenvalue weighted by Crippen LogP contribution is -2.14. The number of nitrogens with one attached hydrogen (secondary N) is 2. The summed E-state index contributed by atoms with van der Waals surface area (Å²) in [6, 6.07) is 12.6. The first kappa shape index (κ1) is 16.0. The predicted octanol–water partition coefficient (Wildman–Crippen LogP) is 4.24. The van der Waals surface area contributed by atoms with Crippen LogP contribution in [0.25, 0.3) is 0 Å². The van der Waals surface area contributed by atoms with E-state index < -0.39 is 11.7 Å². The van der Waals surface area contributed by atoms with Gasteiger partial charge in [0.25, 0.3) is 0 Å². The van der Waals surface area contributed by atoms with E-state index in [1.807, 2.05) is 24.3 Å². The maximum atomic E-state index is 12.6. The third-order valence-electron chi connectivity index (χ3n) is 3.07. The summed E-state index contributed by atoms with van der Waals surface area (Å²) < 4.78 is 43.0. The lowest BCUT2D eigenvalue weighted by molar-refractivity contribution is -0.137. The van der Waals surface area contributed by atoms with Gasteiger partial charge in [-0.2, -0.15) is 13.2 Å². The topological polar surface area (TPSA) is 33.3 Å². The van der Waals surface area contributed by atoms with Crippen LogP contribution in [0.15, 0.2) is 48.5 Å². The van der Waals surface area contributed by atoms with Gasteiger partial charge in [-0.1, -0.05) is 18.2 Å². The van der Waals surface area contributed by atoms with Gasteiger partial charge < -0.3 is 15.4 Å². The molecule has 0 aromatic heterocycles. The third-order valence-corrected chi connectivity index (χ3v) is 3.07. The van der Waals surface area contributed by atoms with Gasteiger partial charge in [-0.3, -0.25) is 0 Å². The highest BCUT2D eigenvalue weighted by atomic mass is 19.4. The van der Waals surface area contributed by atoms with E-state index in [1.54, 1.807) is 13.2 Å². The Morgan fingerprint density at radius 1 is 0.955 bits per heavy atom. The second-order valence-electron chi connectivity index (χ2n) is 4.63. The molecular weight excluding hydrogens is 293 g/mol. The molecule has 2 aromatic rings. The van der Waals surface area contributed by atoms with E-state index in [4.69, 9.17) is 4.74 Å². The van der Waals surface area contributed by atoms with Crippen molar-refractivity contribution in [2.24, 2.45) is 0 Å². The van der Waals surface area contributed by atoms with Crippen molar-refractivity contribution < 1.29 is 17.9 Å². The first-order valence-corrected chi connectivity index (χ1v) is 6.79. The van der Waals surface area contributed by atoms with Gasteiger partial charge in [0, 0.05) is 18.8 Å². The fourth-order valence-electron chi connectivity index (χ4n) is 2.00. The predicted molar refractivity (Wildman–Crippen MR) is 81.4 cm³/mol. The Hall–Kier alpha value is -2.37. The molecule has 2 aromatic carbocycles. The Bertz CT molecular complexity index is 614. The van der Waals surface area contributed by atoms with Crippen molar-refractivity contribution in [1.82, 2.24) is 0 Å². The molecule has 0 spiro atoms. The van der Waals surface area contributed by atoms with Crippen LogP contribution in [0.2, 0.25) is 0 Å². The summed E-state index contributed by atoms with van der Waals surface area (Å²) >= 11 is 0. The summed E-state index contributed by atoms with van der Waals surface area (Å²) in [5.74, 6) is 0.724. The first-order valence-electron chi connectivity index (χ1n) is 6.79. The quantitative estimate of drug-likeness (QED) is 0.783.